The summed E-state index contributed by atoms with van der Waals surface area (Å²) in [6, 6.07) is 14.3. The van der Waals surface area contributed by atoms with Crippen LogP contribution < -0.4 is 9.47 Å². The summed E-state index contributed by atoms with van der Waals surface area (Å²) < 4.78 is 63.7. The van der Waals surface area contributed by atoms with Crippen molar-refractivity contribution >= 4 is 30.7 Å². The normalized spacial score (nSPS) is 12.0. The second kappa shape index (κ2) is 8.45. The molecule has 170 valence electrons. The van der Waals surface area contributed by atoms with Crippen molar-refractivity contribution in [2.75, 3.05) is 14.2 Å². The third kappa shape index (κ3) is 4.03. The van der Waals surface area contributed by atoms with E-state index in [2.05, 4.69) is 9.97 Å². The molecular weight excluding hydrogens is 464 g/mol. The first kappa shape index (κ1) is 22.7. The fourth-order valence-corrected chi connectivity index (χ4v) is 6.13. The van der Waals surface area contributed by atoms with Crippen LogP contribution in [-0.2, 0) is 19.7 Å². The van der Waals surface area contributed by atoms with E-state index in [4.69, 9.17) is 9.47 Å². The van der Waals surface area contributed by atoms with Crippen LogP contribution in [0.15, 0.2) is 86.4 Å². The molecule has 0 atom stereocenters. The van der Waals surface area contributed by atoms with E-state index in [1.807, 2.05) is 0 Å². The zero-order valence-electron chi connectivity index (χ0n) is 18.0. The third-order valence-electron chi connectivity index (χ3n) is 5.06. The molecule has 10 heteroatoms. The molecule has 0 spiro atoms. The van der Waals surface area contributed by atoms with Gasteiger partial charge in [0.05, 0.1) is 39.5 Å². The molecule has 0 aliphatic carbocycles. The minimum Gasteiger partial charge on any atom is -0.497 e. The SMILES string of the molecule is COc1ccc(S(=O)(=O)c2ccc(S(=O)(=O)c3ccc(OC)cc3)c3nc(C)cnc23)cc1. The van der Waals surface area contributed by atoms with E-state index in [0.717, 1.165) is 0 Å². The van der Waals surface area contributed by atoms with Gasteiger partial charge in [0.2, 0.25) is 19.7 Å². The van der Waals surface area contributed by atoms with Gasteiger partial charge in [0.1, 0.15) is 22.5 Å². The molecule has 0 saturated carbocycles. The highest BCUT2D eigenvalue weighted by atomic mass is 32.2. The molecule has 0 radical (unpaired) electrons. The number of aryl methyl sites for hydroxylation is 1. The van der Waals surface area contributed by atoms with Gasteiger partial charge in [-0.1, -0.05) is 0 Å². The molecule has 0 fully saturated rings. The maximum absolute atomic E-state index is 13.4. The smallest absolute Gasteiger partial charge is 0.208 e. The van der Waals surface area contributed by atoms with E-state index in [1.54, 1.807) is 6.92 Å². The average molecular weight is 485 g/mol. The Morgan fingerprint density at radius 3 is 1.48 bits per heavy atom. The van der Waals surface area contributed by atoms with Crippen LogP contribution in [0.1, 0.15) is 5.69 Å². The number of aromatic nitrogens is 2. The van der Waals surface area contributed by atoms with Crippen LogP contribution in [0.25, 0.3) is 11.0 Å². The Bertz CT molecular complexity index is 1550. The summed E-state index contributed by atoms with van der Waals surface area (Å²) in [5.74, 6) is 1.02. The molecule has 0 aliphatic rings. The Hall–Kier alpha value is -3.50. The molecular formula is C23H20N2O6S2. The van der Waals surface area contributed by atoms with E-state index in [9.17, 15) is 16.8 Å². The Kier molecular flexibility index (Phi) is 5.81. The fraction of sp³-hybridized carbons (Fsp3) is 0.130. The molecule has 0 amide bonds. The predicted octanol–water partition coefficient (Wildman–Crippen LogP) is 3.62. The van der Waals surface area contributed by atoms with Crippen LogP contribution in [0.5, 0.6) is 11.5 Å². The Balaban J connectivity index is 1.93. The van der Waals surface area contributed by atoms with Gasteiger partial charge in [-0.2, -0.15) is 0 Å². The number of benzene rings is 3. The third-order valence-corrected chi connectivity index (χ3v) is 8.67. The fourth-order valence-electron chi connectivity index (χ4n) is 3.34. The summed E-state index contributed by atoms with van der Waals surface area (Å²) in [6.45, 7) is 1.65. The first-order valence-electron chi connectivity index (χ1n) is 9.73. The summed E-state index contributed by atoms with van der Waals surface area (Å²) in [4.78, 5) is 8.38. The standard InChI is InChI=1S/C23H20N2O6S2/c1-15-14-24-22-20(32(26,27)18-8-4-16(30-2)5-9-18)12-13-21(23(22)25-15)33(28,29)19-10-6-17(31-3)7-11-19/h4-14H,1-3H3. The van der Waals surface area contributed by atoms with Crippen molar-refractivity contribution in [3.8, 4) is 11.5 Å². The second-order valence-corrected chi connectivity index (χ2v) is 11.0. The molecule has 0 aliphatic heterocycles. The lowest BCUT2D eigenvalue weighted by atomic mass is 10.3. The quantitative estimate of drug-likeness (QED) is 0.408. The number of hydrogen-bond acceptors (Lipinski definition) is 8. The monoisotopic (exact) mass is 484 g/mol. The summed E-state index contributed by atoms with van der Waals surface area (Å²) in [6.07, 6.45) is 1.40. The van der Waals surface area contributed by atoms with Crippen molar-refractivity contribution in [3.05, 3.63) is 72.6 Å². The van der Waals surface area contributed by atoms with Crippen molar-refractivity contribution in [3.63, 3.8) is 0 Å². The molecule has 0 saturated heterocycles. The highest BCUT2D eigenvalue weighted by Gasteiger charge is 2.28. The van der Waals surface area contributed by atoms with Crippen LogP contribution in [0.4, 0.5) is 0 Å². The van der Waals surface area contributed by atoms with Gasteiger partial charge in [0.25, 0.3) is 0 Å². The number of ether oxygens (including phenoxy) is 2. The average Bonchev–Trinajstić information content (AvgIpc) is 2.83. The highest BCUT2D eigenvalue weighted by Crippen LogP contribution is 2.33. The molecule has 4 aromatic rings. The van der Waals surface area contributed by atoms with Gasteiger partial charge in [-0.15, -0.1) is 0 Å². The number of nitrogens with zero attached hydrogens (tertiary/aromatic N) is 2. The van der Waals surface area contributed by atoms with Crippen molar-refractivity contribution in [1.82, 2.24) is 9.97 Å². The predicted molar refractivity (Wildman–Crippen MR) is 121 cm³/mol. The van der Waals surface area contributed by atoms with Crippen LogP contribution >= 0.6 is 0 Å². The number of fused-ring (bicyclic) bond motifs is 1. The summed E-state index contributed by atoms with van der Waals surface area (Å²) >= 11 is 0. The maximum Gasteiger partial charge on any atom is 0.208 e. The topological polar surface area (TPSA) is 113 Å². The van der Waals surface area contributed by atoms with E-state index >= 15 is 0 Å². The first-order valence-corrected chi connectivity index (χ1v) is 12.7. The van der Waals surface area contributed by atoms with Crippen LogP contribution in [0.3, 0.4) is 0 Å². The number of sulfone groups is 2. The minimum atomic E-state index is -4.01. The highest BCUT2D eigenvalue weighted by molar-refractivity contribution is 7.92. The van der Waals surface area contributed by atoms with Crippen molar-refractivity contribution in [1.29, 1.82) is 0 Å². The van der Waals surface area contributed by atoms with Crippen LogP contribution in [0, 0.1) is 6.92 Å². The summed E-state index contributed by atoms with van der Waals surface area (Å²) in [7, 11) is -5.05. The van der Waals surface area contributed by atoms with Gasteiger partial charge in [-0.3, -0.25) is 4.98 Å². The summed E-state index contributed by atoms with van der Waals surface area (Å²) in [5.41, 5.74) is 0.416. The molecule has 1 heterocycles. The zero-order valence-corrected chi connectivity index (χ0v) is 19.6. The molecule has 0 unspecified atom stereocenters. The van der Waals surface area contributed by atoms with Crippen LogP contribution in [0.2, 0.25) is 0 Å². The molecule has 0 bridgehead atoms. The number of rotatable bonds is 6. The first-order chi connectivity index (χ1) is 15.7. The number of methoxy groups -OCH3 is 2. The van der Waals surface area contributed by atoms with E-state index in [1.165, 1.54) is 81.1 Å². The van der Waals surface area contributed by atoms with Gasteiger partial charge in [0, 0.05) is 6.20 Å². The second-order valence-electron chi connectivity index (χ2n) is 7.13. The molecule has 1 aromatic heterocycles. The lowest BCUT2D eigenvalue weighted by molar-refractivity contribution is 0.414. The maximum atomic E-state index is 13.4. The van der Waals surface area contributed by atoms with Gasteiger partial charge < -0.3 is 9.47 Å². The summed E-state index contributed by atoms with van der Waals surface area (Å²) in [5, 5.41) is 0. The van der Waals surface area contributed by atoms with Gasteiger partial charge >= 0.3 is 0 Å². The number of hydrogen-bond donors (Lipinski definition) is 0. The van der Waals surface area contributed by atoms with E-state index in [-0.39, 0.29) is 30.6 Å². The molecule has 0 N–H and O–H groups in total. The molecule has 3 aromatic carbocycles. The van der Waals surface area contributed by atoms with Gasteiger partial charge in [-0.05, 0) is 67.6 Å². The molecule has 4 rings (SSSR count). The lowest BCUT2D eigenvalue weighted by Crippen LogP contribution is -2.09. The van der Waals surface area contributed by atoms with Crippen LogP contribution in [-0.4, -0.2) is 41.0 Å². The van der Waals surface area contributed by atoms with Crippen molar-refractivity contribution in [2.45, 2.75) is 26.5 Å². The minimum absolute atomic E-state index is 0.0135. The Labute approximate surface area is 191 Å². The molecule has 33 heavy (non-hydrogen) atoms. The van der Waals surface area contributed by atoms with Crippen molar-refractivity contribution < 1.29 is 26.3 Å². The largest absolute Gasteiger partial charge is 0.497 e. The van der Waals surface area contributed by atoms with E-state index in [0.29, 0.717) is 17.2 Å². The Morgan fingerprint density at radius 1 is 0.636 bits per heavy atom. The van der Waals surface area contributed by atoms with Gasteiger partial charge in [-0.25, -0.2) is 21.8 Å². The van der Waals surface area contributed by atoms with Gasteiger partial charge in [0.15, 0.2) is 0 Å². The zero-order chi connectivity index (χ0) is 23.8. The lowest BCUT2D eigenvalue weighted by Gasteiger charge is -2.12. The van der Waals surface area contributed by atoms with Crippen molar-refractivity contribution in [2.24, 2.45) is 0 Å². The Morgan fingerprint density at radius 2 is 1.06 bits per heavy atom. The molecule has 8 nitrogen and oxygen atoms in total. The van der Waals surface area contributed by atoms with E-state index < -0.39 is 19.7 Å².